The number of furan rings is 1. The number of halogens is 2. The second-order valence-electron chi connectivity index (χ2n) is 5.66. The van der Waals surface area contributed by atoms with E-state index in [1.54, 1.807) is 18.4 Å². The molecule has 2 heterocycles. The van der Waals surface area contributed by atoms with E-state index in [9.17, 15) is 9.18 Å². The van der Waals surface area contributed by atoms with Gasteiger partial charge in [0.05, 0.1) is 18.8 Å². The standard InChI is InChI=1S/C17H18ClFN2O2/c18-15-9-13(19)6-5-12(15)11-21-7-1-4-16(21)17(22)20-10-14-3-2-8-23-14/h2-3,5-6,8-9,16H,1,4,7,10-11H2,(H,20,22). The molecule has 1 N–H and O–H groups in total. The summed E-state index contributed by atoms with van der Waals surface area (Å²) in [4.78, 5) is 14.5. The zero-order chi connectivity index (χ0) is 16.2. The zero-order valence-electron chi connectivity index (χ0n) is 12.6. The maximum absolute atomic E-state index is 13.1. The van der Waals surface area contributed by atoms with Gasteiger partial charge in [0, 0.05) is 11.6 Å². The Morgan fingerprint density at radius 2 is 2.30 bits per heavy atom. The minimum Gasteiger partial charge on any atom is -0.467 e. The van der Waals surface area contributed by atoms with Crippen molar-refractivity contribution in [1.82, 2.24) is 10.2 Å². The lowest BCUT2D eigenvalue weighted by atomic mass is 10.1. The lowest BCUT2D eigenvalue weighted by molar-refractivity contribution is -0.125. The summed E-state index contributed by atoms with van der Waals surface area (Å²) in [5.41, 5.74) is 0.832. The van der Waals surface area contributed by atoms with Crippen molar-refractivity contribution in [2.45, 2.75) is 32.0 Å². The maximum atomic E-state index is 13.1. The molecule has 0 aliphatic carbocycles. The number of carbonyl (C=O) groups excluding carboxylic acids is 1. The summed E-state index contributed by atoms with van der Waals surface area (Å²) in [6.07, 6.45) is 3.35. The average molecular weight is 337 g/mol. The molecular formula is C17H18ClFN2O2. The van der Waals surface area contributed by atoms with E-state index in [0.717, 1.165) is 30.7 Å². The van der Waals surface area contributed by atoms with E-state index in [2.05, 4.69) is 10.2 Å². The fourth-order valence-corrected chi connectivity index (χ4v) is 3.11. The Hall–Kier alpha value is -1.85. The van der Waals surface area contributed by atoms with Crippen LogP contribution in [0.15, 0.2) is 41.0 Å². The molecule has 0 radical (unpaired) electrons. The van der Waals surface area contributed by atoms with Crippen LogP contribution < -0.4 is 5.32 Å². The number of rotatable bonds is 5. The molecular weight excluding hydrogens is 319 g/mol. The Labute approximate surface area is 139 Å². The Morgan fingerprint density at radius 1 is 1.43 bits per heavy atom. The molecule has 0 bridgehead atoms. The summed E-state index contributed by atoms with van der Waals surface area (Å²) in [7, 11) is 0. The fraction of sp³-hybridized carbons (Fsp3) is 0.353. The minimum absolute atomic E-state index is 0.0165. The molecule has 4 nitrogen and oxygen atoms in total. The number of benzene rings is 1. The van der Waals surface area contributed by atoms with E-state index in [0.29, 0.717) is 18.1 Å². The topological polar surface area (TPSA) is 45.5 Å². The van der Waals surface area contributed by atoms with Crippen molar-refractivity contribution in [3.8, 4) is 0 Å². The van der Waals surface area contributed by atoms with E-state index in [4.69, 9.17) is 16.0 Å². The molecule has 3 rings (SSSR count). The SMILES string of the molecule is O=C(NCc1ccco1)C1CCCN1Cc1ccc(F)cc1Cl. The first kappa shape index (κ1) is 16.0. The van der Waals surface area contributed by atoms with Crippen molar-refractivity contribution in [2.75, 3.05) is 6.54 Å². The first-order valence-corrected chi connectivity index (χ1v) is 7.99. The van der Waals surface area contributed by atoms with Gasteiger partial charge in [0.25, 0.3) is 0 Å². The quantitative estimate of drug-likeness (QED) is 0.910. The number of carbonyl (C=O) groups is 1. The molecule has 1 atom stereocenters. The number of hydrogen-bond donors (Lipinski definition) is 1. The largest absolute Gasteiger partial charge is 0.467 e. The van der Waals surface area contributed by atoms with E-state index in [1.165, 1.54) is 12.1 Å². The highest BCUT2D eigenvalue weighted by molar-refractivity contribution is 6.31. The molecule has 0 spiro atoms. The summed E-state index contributed by atoms with van der Waals surface area (Å²) < 4.78 is 18.3. The van der Waals surface area contributed by atoms with Crippen LogP contribution in [0.4, 0.5) is 4.39 Å². The van der Waals surface area contributed by atoms with Gasteiger partial charge in [-0.3, -0.25) is 9.69 Å². The summed E-state index contributed by atoms with van der Waals surface area (Å²) in [6, 6.07) is 7.80. The van der Waals surface area contributed by atoms with Crippen LogP contribution in [-0.4, -0.2) is 23.4 Å². The number of hydrogen-bond acceptors (Lipinski definition) is 3. The first-order chi connectivity index (χ1) is 11.1. The lowest BCUT2D eigenvalue weighted by Gasteiger charge is -2.24. The molecule has 1 aliphatic rings. The first-order valence-electron chi connectivity index (χ1n) is 7.61. The Balaban J connectivity index is 1.61. The predicted molar refractivity (Wildman–Crippen MR) is 85.4 cm³/mol. The Kier molecular flexibility index (Phi) is 4.98. The van der Waals surface area contributed by atoms with Gasteiger partial charge in [-0.25, -0.2) is 4.39 Å². The second kappa shape index (κ2) is 7.15. The van der Waals surface area contributed by atoms with Gasteiger partial charge in [-0.1, -0.05) is 17.7 Å². The van der Waals surface area contributed by atoms with E-state index < -0.39 is 0 Å². The average Bonchev–Trinajstić information content (AvgIpc) is 3.19. The van der Waals surface area contributed by atoms with Crippen molar-refractivity contribution in [2.24, 2.45) is 0 Å². The molecule has 23 heavy (non-hydrogen) atoms. The number of nitrogens with one attached hydrogen (secondary N) is 1. The molecule has 1 saturated heterocycles. The van der Waals surface area contributed by atoms with Crippen LogP contribution in [0.1, 0.15) is 24.2 Å². The lowest BCUT2D eigenvalue weighted by Crippen LogP contribution is -2.42. The van der Waals surface area contributed by atoms with Crippen LogP contribution in [-0.2, 0) is 17.9 Å². The van der Waals surface area contributed by atoms with Gasteiger partial charge < -0.3 is 9.73 Å². The van der Waals surface area contributed by atoms with Crippen LogP contribution in [0.5, 0.6) is 0 Å². The zero-order valence-corrected chi connectivity index (χ0v) is 13.4. The minimum atomic E-state index is -0.354. The molecule has 2 aromatic rings. The monoisotopic (exact) mass is 336 g/mol. The van der Waals surface area contributed by atoms with Crippen molar-refractivity contribution < 1.29 is 13.6 Å². The van der Waals surface area contributed by atoms with E-state index in [-0.39, 0.29) is 17.8 Å². The number of nitrogens with zero attached hydrogens (tertiary/aromatic N) is 1. The predicted octanol–water partition coefficient (Wildman–Crippen LogP) is 3.35. The van der Waals surface area contributed by atoms with Gasteiger partial charge in [-0.15, -0.1) is 0 Å². The molecule has 1 aromatic heterocycles. The Morgan fingerprint density at radius 3 is 3.04 bits per heavy atom. The normalized spacial score (nSPS) is 18.3. The van der Waals surface area contributed by atoms with E-state index >= 15 is 0 Å². The molecule has 1 amide bonds. The molecule has 1 fully saturated rings. The highest BCUT2D eigenvalue weighted by atomic mass is 35.5. The van der Waals surface area contributed by atoms with Gasteiger partial charge >= 0.3 is 0 Å². The third-order valence-corrected chi connectivity index (χ3v) is 4.42. The smallest absolute Gasteiger partial charge is 0.237 e. The Bertz CT molecular complexity index is 675. The third kappa shape index (κ3) is 3.92. The van der Waals surface area contributed by atoms with Crippen molar-refractivity contribution in [1.29, 1.82) is 0 Å². The van der Waals surface area contributed by atoms with Crippen molar-refractivity contribution in [3.63, 3.8) is 0 Å². The van der Waals surface area contributed by atoms with E-state index in [1.807, 2.05) is 6.07 Å². The van der Waals surface area contributed by atoms with Crippen LogP contribution in [0, 0.1) is 5.82 Å². The van der Waals surface area contributed by atoms with Crippen LogP contribution >= 0.6 is 11.6 Å². The summed E-state index contributed by atoms with van der Waals surface area (Å²) in [5.74, 6) is 0.356. The molecule has 122 valence electrons. The van der Waals surface area contributed by atoms with Gasteiger partial charge in [0.1, 0.15) is 11.6 Å². The highest BCUT2D eigenvalue weighted by Crippen LogP contribution is 2.24. The van der Waals surface area contributed by atoms with Gasteiger partial charge in [-0.05, 0) is 49.2 Å². The van der Waals surface area contributed by atoms with Gasteiger partial charge in [-0.2, -0.15) is 0 Å². The summed E-state index contributed by atoms with van der Waals surface area (Å²) >= 11 is 6.08. The van der Waals surface area contributed by atoms with Gasteiger partial charge in [0.2, 0.25) is 5.91 Å². The van der Waals surface area contributed by atoms with Gasteiger partial charge in [0.15, 0.2) is 0 Å². The molecule has 0 saturated carbocycles. The number of amides is 1. The second-order valence-corrected chi connectivity index (χ2v) is 6.07. The third-order valence-electron chi connectivity index (χ3n) is 4.07. The van der Waals surface area contributed by atoms with Crippen LogP contribution in [0.3, 0.4) is 0 Å². The number of likely N-dealkylation sites (tertiary alicyclic amines) is 1. The maximum Gasteiger partial charge on any atom is 0.237 e. The molecule has 1 aliphatic heterocycles. The van der Waals surface area contributed by atoms with Crippen LogP contribution in [0.25, 0.3) is 0 Å². The molecule has 1 unspecified atom stereocenters. The summed E-state index contributed by atoms with van der Waals surface area (Å²) in [6.45, 7) is 1.75. The van der Waals surface area contributed by atoms with Crippen LogP contribution in [0.2, 0.25) is 5.02 Å². The van der Waals surface area contributed by atoms with Crippen molar-refractivity contribution in [3.05, 3.63) is 58.8 Å². The summed E-state index contributed by atoms with van der Waals surface area (Å²) in [5, 5.41) is 3.29. The fourth-order valence-electron chi connectivity index (χ4n) is 2.89. The highest BCUT2D eigenvalue weighted by Gasteiger charge is 2.30. The van der Waals surface area contributed by atoms with Crippen molar-refractivity contribution >= 4 is 17.5 Å². The molecule has 1 aromatic carbocycles. The molecule has 6 heteroatoms.